The van der Waals surface area contributed by atoms with Crippen molar-refractivity contribution >= 4 is 39.0 Å². The van der Waals surface area contributed by atoms with E-state index in [1.807, 2.05) is 61.7 Å². The van der Waals surface area contributed by atoms with Crippen molar-refractivity contribution in [3.05, 3.63) is 97.6 Å². The Balaban J connectivity index is 1.63. The molecule has 8 heteroatoms. The number of thiazole rings is 1. The van der Waals surface area contributed by atoms with Crippen molar-refractivity contribution in [1.29, 1.82) is 0 Å². The van der Waals surface area contributed by atoms with Gasteiger partial charge in [0.15, 0.2) is 10.1 Å². The van der Waals surface area contributed by atoms with Gasteiger partial charge in [-0.2, -0.15) is 0 Å². The third kappa shape index (κ3) is 3.47. The van der Waals surface area contributed by atoms with Crippen LogP contribution in [0, 0.1) is 13.8 Å². The molecule has 6 nitrogen and oxygen atoms in total. The Bertz CT molecular complexity index is 1570. The molecule has 0 saturated heterocycles. The summed E-state index contributed by atoms with van der Waals surface area (Å²) in [7, 11) is 0. The molecule has 0 bridgehead atoms. The molecule has 0 amide bonds. The number of fused-ring (bicyclic) bond motifs is 2. The molecule has 0 atom stereocenters. The fourth-order valence-electron chi connectivity index (χ4n) is 3.55. The van der Waals surface area contributed by atoms with Crippen LogP contribution in [0.15, 0.2) is 74.7 Å². The molecule has 3 heterocycles. The second kappa shape index (κ2) is 7.79. The van der Waals surface area contributed by atoms with E-state index in [9.17, 15) is 9.59 Å². The van der Waals surface area contributed by atoms with E-state index >= 15 is 0 Å². The first-order chi connectivity index (χ1) is 15.0. The Hall–Kier alpha value is -3.23. The number of hydrogen-bond donors (Lipinski definition) is 0. The highest BCUT2D eigenvalue weighted by atomic mass is 32.2. The van der Waals surface area contributed by atoms with Crippen LogP contribution in [0.3, 0.4) is 0 Å². The van der Waals surface area contributed by atoms with E-state index in [1.54, 1.807) is 21.1 Å². The molecular formula is C23H18N4O2S2. The van der Waals surface area contributed by atoms with Crippen LogP contribution in [0.5, 0.6) is 0 Å². The number of benzene rings is 2. The lowest BCUT2D eigenvalue weighted by Gasteiger charge is -2.15. The summed E-state index contributed by atoms with van der Waals surface area (Å²) in [6.07, 6.45) is 0. The standard InChI is InChI=1S/C23H18N4O2S2/c1-14-7-3-6-10-19(14)27-21(29)17-8-4-5-9-18(17)25-23(27)31-13-16-11-20(28)26-15(2)12-30-22(26)24-16/h3-12H,13H2,1-2H3. The molecule has 5 rings (SSSR count). The molecule has 2 aromatic carbocycles. The maximum atomic E-state index is 13.4. The van der Waals surface area contributed by atoms with E-state index in [0.717, 1.165) is 16.9 Å². The first-order valence-corrected chi connectivity index (χ1v) is 11.6. The third-order valence-electron chi connectivity index (χ3n) is 5.08. The number of aryl methyl sites for hydroxylation is 2. The minimum Gasteiger partial charge on any atom is -0.269 e. The van der Waals surface area contributed by atoms with Crippen molar-refractivity contribution in [2.45, 2.75) is 24.8 Å². The van der Waals surface area contributed by atoms with Gasteiger partial charge in [0.2, 0.25) is 0 Å². The number of rotatable bonds is 4. The van der Waals surface area contributed by atoms with Gasteiger partial charge in [-0.05, 0) is 37.6 Å². The molecule has 5 aromatic rings. The fraction of sp³-hybridized carbons (Fsp3) is 0.130. The van der Waals surface area contributed by atoms with Crippen molar-refractivity contribution in [1.82, 2.24) is 18.9 Å². The molecule has 0 radical (unpaired) electrons. The molecule has 0 aliphatic carbocycles. The fourth-order valence-corrected chi connectivity index (χ4v) is 5.34. The van der Waals surface area contributed by atoms with Gasteiger partial charge < -0.3 is 0 Å². The Morgan fingerprint density at radius 1 is 1.00 bits per heavy atom. The maximum Gasteiger partial charge on any atom is 0.266 e. The van der Waals surface area contributed by atoms with Gasteiger partial charge in [0.25, 0.3) is 11.1 Å². The van der Waals surface area contributed by atoms with Crippen molar-refractivity contribution in [3.8, 4) is 5.69 Å². The average Bonchev–Trinajstić information content (AvgIpc) is 3.14. The Labute approximate surface area is 185 Å². The van der Waals surface area contributed by atoms with E-state index in [0.29, 0.717) is 32.5 Å². The van der Waals surface area contributed by atoms with Crippen LogP contribution in [0.2, 0.25) is 0 Å². The lowest BCUT2D eigenvalue weighted by atomic mass is 10.2. The van der Waals surface area contributed by atoms with Gasteiger partial charge in [-0.3, -0.25) is 18.6 Å². The zero-order chi connectivity index (χ0) is 21.5. The largest absolute Gasteiger partial charge is 0.269 e. The lowest BCUT2D eigenvalue weighted by Crippen LogP contribution is -2.22. The summed E-state index contributed by atoms with van der Waals surface area (Å²) in [6.45, 7) is 3.86. The summed E-state index contributed by atoms with van der Waals surface area (Å²) < 4.78 is 3.26. The molecule has 0 saturated carbocycles. The highest BCUT2D eigenvalue weighted by Crippen LogP contribution is 2.25. The van der Waals surface area contributed by atoms with Crippen molar-refractivity contribution < 1.29 is 0 Å². The molecule has 0 fully saturated rings. The second-order valence-electron chi connectivity index (χ2n) is 7.21. The average molecular weight is 447 g/mol. The molecule has 0 unspecified atom stereocenters. The number of nitrogens with zero attached hydrogens (tertiary/aromatic N) is 4. The van der Waals surface area contributed by atoms with Crippen molar-refractivity contribution in [3.63, 3.8) is 0 Å². The number of aromatic nitrogens is 4. The van der Waals surface area contributed by atoms with Gasteiger partial charge in [0.05, 0.1) is 22.3 Å². The van der Waals surface area contributed by atoms with Crippen LogP contribution in [0.1, 0.15) is 17.0 Å². The van der Waals surface area contributed by atoms with Crippen LogP contribution < -0.4 is 11.1 Å². The lowest BCUT2D eigenvalue weighted by molar-refractivity contribution is 0.814. The zero-order valence-electron chi connectivity index (χ0n) is 16.9. The number of para-hydroxylation sites is 2. The molecule has 3 aromatic heterocycles. The Morgan fingerprint density at radius 3 is 2.61 bits per heavy atom. The van der Waals surface area contributed by atoms with Gasteiger partial charge in [0, 0.05) is 22.9 Å². The third-order valence-corrected chi connectivity index (χ3v) is 6.99. The van der Waals surface area contributed by atoms with Gasteiger partial charge in [-0.15, -0.1) is 11.3 Å². The van der Waals surface area contributed by atoms with Crippen molar-refractivity contribution in [2.24, 2.45) is 0 Å². The molecular weight excluding hydrogens is 428 g/mol. The predicted octanol–water partition coefficient (Wildman–Crippen LogP) is 4.36. The van der Waals surface area contributed by atoms with Gasteiger partial charge in [0.1, 0.15) is 0 Å². The van der Waals surface area contributed by atoms with Crippen LogP contribution in [-0.4, -0.2) is 18.9 Å². The molecule has 0 spiro atoms. The summed E-state index contributed by atoms with van der Waals surface area (Å²) in [4.78, 5) is 36.0. The topological polar surface area (TPSA) is 69.3 Å². The summed E-state index contributed by atoms with van der Waals surface area (Å²) in [5, 5.41) is 3.06. The predicted molar refractivity (Wildman–Crippen MR) is 126 cm³/mol. The van der Waals surface area contributed by atoms with E-state index < -0.39 is 0 Å². The number of thioether (sulfide) groups is 1. The van der Waals surface area contributed by atoms with Crippen molar-refractivity contribution in [2.75, 3.05) is 0 Å². The summed E-state index contributed by atoms with van der Waals surface area (Å²) in [5.74, 6) is 0.430. The maximum absolute atomic E-state index is 13.4. The van der Waals surface area contributed by atoms with Crippen LogP contribution in [0.25, 0.3) is 21.6 Å². The van der Waals surface area contributed by atoms with E-state index in [4.69, 9.17) is 4.98 Å². The molecule has 154 valence electrons. The zero-order valence-corrected chi connectivity index (χ0v) is 18.5. The highest BCUT2D eigenvalue weighted by molar-refractivity contribution is 7.98. The van der Waals surface area contributed by atoms with Gasteiger partial charge in [-0.1, -0.05) is 42.1 Å². The highest BCUT2D eigenvalue weighted by Gasteiger charge is 2.15. The smallest absolute Gasteiger partial charge is 0.266 e. The van der Waals surface area contributed by atoms with Gasteiger partial charge >= 0.3 is 0 Å². The Kier molecular flexibility index (Phi) is 4.95. The molecule has 0 aliphatic rings. The first kappa shape index (κ1) is 19.7. The van der Waals surface area contributed by atoms with E-state index in [2.05, 4.69) is 4.98 Å². The minimum atomic E-state index is -0.111. The minimum absolute atomic E-state index is 0.0953. The molecule has 0 N–H and O–H groups in total. The molecule has 31 heavy (non-hydrogen) atoms. The van der Waals surface area contributed by atoms with Crippen LogP contribution in [-0.2, 0) is 5.75 Å². The van der Waals surface area contributed by atoms with Crippen LogP contribution in [0.4, 0.5) is 0 Å². The summed E-state index contributed by atoms with van der Waals surface area (Å²) in [5.41, 5.74) is 3.76. The van der Waals surface area contributed by atoms with Gasteiger partial charge in [-0.25, -0.2) is 9.97 Å². The first-order valence-electron chi connectivity index (χ1n) is 9.70. The monoisotopic (exact) mass is 446 g/mol. The second-order valence-corrected chi connectivity index (χ2v) is 8.99. The van der Waals surface area contributed by atoms with E-state index in [1.165, 1.54) is 23.1 Å². The van der Waals surface area contributed by atoms with E-state index in [-0.39, 0.29) is 11.1 Å². The SMILES string of the molecule is Cc1ccccc1-n1c(SCc2cc(=O)n3c(C)csc3n2)nc2ccccc2c1=O. The normalized spacial score (nSPS) is 11.4. The summed E-state index contributed by atoms with van der Waals surface area (Å²) >= 11 is 2.84. The Morgan fingerprint density at radius 2 is 1.77 bits per heavy atom. The summed E-state index contributed by atoms with van der Waals surface area (Å²) in [6, 6.07) is 16.7. The number of hydrogen-bond acceptors (Lipinski definition) is 6. The quantitative estimate of drug-likeness (QED) is 0.303. The molecule has 0 aliphatic heterocycles. The van der Waals surface area contributed by atoms with Crippen LogP contribution >= 0.6 is 23.1 Å².